The van der Waals surface area contributed by atoms with E-state index in [1.165, 1.54) is 6.08 Å². The monoisotopic (exact) mass is 295 g/mol. The van der Waals surface area contributed by atoms with Crippen LogP contribution < -0.4 is 5.32 Å². The number of nitrogens with one attached hydrogen (secondary N) is 1. The molecule has 0 saturated heterocycles. The van der Waals surface area contributed by atoms with Crippen molar-refractivity contribution in [3.8, 4) is 0 Å². The molecule has 0 aliphatic heterocycles. The minimum Gasteiger partial charge on any atom is -0.367 e. The smallest absolute Gasteiger partial charge is 0.243 e. The van der Waals surface area contributed by atoms with Crippen molar-refractivity contribution in [2.75, 3.05) is 27.2 Å². The van der Waals surface area contributed by atoms with Gasteiger partial charge in [-0.3, -0.25) is 9.79 Å². The molecule has 21 heavy (non-hydrogen) atoms. The maximum Gasteiger partial charge on any atom is 0.243 e. The molecule has 0 aromatic heterocycles. The van der Waals surface area contributed by atoms with Crippen LogP contribution in [0.15, 0.2) is 17.6 Å². The second-order valence-corrected chi connectivity index (χ2v) is 7.19. The number of hydrogen-bond acceptors (Lipinski definition) is 2. The van der Waals surface area contributed by atoms with Gasteiger partial charge in [-0.15, -0.1) is 0 Å². The molecular formula is C17H33N3O. The molecule has 0 heterocycles. The van der Waals surface area contributed by atoms with Gasteiger partial charge in [-0.25, -0.2) is 0 Å². The van der Waals surface area contributed by atoms with Gasteiger partial charge in [0.15, 0.2) is 0 Å². The molecule has 0 radical (unpaired) electrons. The molecule has 1 unspecified atom stereocenters. The Balaban J connectivity index is 4.73. The van der Waals surface area contributed by atoms with Gasteiger partial charge in [0.1, 0.15) is 0 Å². The van der Waals surface area contributed by atoms with Gasteiger partial charge < -0.3 is 10.2 Å². The summed E-state index contributed by atoms with van der Waals surface area (Å²) in [6.45, 7) is 15.9. The number of amidine groups is 1. The summed E-state index contributed by atoms with van der Waals surface area (Å²) >= 11 is 0. The Morgan fingerprint density at radius 1 is 1.33 bits per heavy atom. The van der Waals surface area contributed by atoms with Crippen LogP contribution in [0.2, 0.25) is 0 Å². The zero-order valence-corrected chi connectivity index (χ0v) is 14.9. The highest BCUT2D eigenvalue weighted by molar-refractivity contribution is 5.86. The molecule has 0 rings (SSSR count). The van der Waals surface area contributed by atoms with E-state index < -0.39 is 0 Å². The molecule has 0 aliphatic rings. The zero-order valence-electron chi connectivity index (χ0n) is 14.9. The van der Waals surface area contributed by atoms with E-state index in [0.29, 0.717) is 6.54 Å². The van der Waals surface area contributed by atoms with Crippen molar-refractivity contribution in [1.29, 1.82) is 0 Å². The maximum absolute atomic E-state index is 11.4. The second kappa shape index (κ2) is 8.20. The summed E-state index contributed by atoms with van der Waals surface area (Å²) in [4.78, 5) is 18.1. The highest BCUT2D eigenvalue weighted by atomic mass is 16.1. The van der Waals surface area contributed by atoms with Gasteiger partial charge in [-0.05, 0) is 36.7 Å². The summed E-state index contributed by atoms with van der Waals surface area (Å²) in [6.07, 6.45) is 3.36. The van der Waals surface area contributed by atoms with Crippen LogP contribution >= 0.6 is 0 Å². The topological polar surface area (TPSA) is 44.7 Å². The molecule has 4 nitrogen and oxygen atoms in total. The lowest BCUT2D eigenvalue weighted by Crippen LogP contribution is -2.38. The number of rotatable bonds is 8. The summed E-state index contributed by atoms with van der Waals surface area (Å²) in [5.41, 5.74) is 0.171. The van der Waals surface area contributed by atoms with Crippen LogP contribution in [0.3, 0.4) is 0 Å². The Morgan fingerprint density at radius 3 is 2.33 bits per heavy atom. The average molecular weight is 295 g/mol. The first-order chi connectivity index (χ1) is 9.55. The Morgan fingerprint density at radius 2 is 1.90 bits per heavy atom. The molecule has 1 amide bonds. The van der Waals surface area contributed by atoms with Crippen molar-refractivity contribution in [3.63, 3.8) is 0 Å². The van der Waals surface area contributed by atoms with Crippen LogP contribution in [0.1, 0.15) is 47.5 Å². The second-order valence-electron chi connectivity index (χ2n) is 7.19. The van der Waals surface area contributed by atoms with E-state index in [4.69, 9.17) is 0 Å². The lowest BCUT2D eigenvalue weighted by Gasteiger charge is -2.36. The molecule has 4 heteroatoms. The Bertz CT molecular complexity index is 385. The van der Waals surface area contributed by atoms with E-state index in [9.17, 15) is 4.79 Å². The van der Waals surface area contributed by atoms with Gasteiger partial charge >= 0.3 is 0 Å². The van der Waals surface area contributed by atoms with Gasteiger partial charge in [0, 0.05) is 27.2 Å². The molecule has 1 atom stereocenters. The van der Waals surface area contributed by atoms with Crippen LogP contribution in [0.5, 0.6) is 0 Å². The van der Waals surface area contributed by atoms with Crippen molar-refractivity contribution in [1.82, 2.24) is 10.2 Å². The quantitative estimate of drug-likeness (QED) is 0.425. The zero-order chi connectivity index (χ0) is 16.7. The fourth-order valence-electron chi connectivity index (χ4n) is 2.37. The van der Waals surface area contributed by atoms with Crippen molar-refractivity contribution < 1.29 is 4.79 Å². The first-order valence-electron chi connectivity index (χ1n) is 7.64. The van der Waals surface area contributed by atoms with E-state index in [1.807, 2.05) is 25.9 Å². The van der Waals surface area contributed by atoms with E-state index >= 15 is 0 Å². The van der Waals surface area contributed by atoms with E-state index in [0.717, 1.165) is 25.2 Å². The fourth-order valence-corrected chi connectivity index (χ4v) is 2.37. The van der Waals surface area contributed by atoms with Gasteiger partial charge in [0.05, 0.1) is 5.84 Å². The molecule has 0 aromatic rings. The van der Waals surface area contributed by atoms with Crippen molar-refractivity contribution >= 4 is 11.7 Å². The molecular weight excluding hydrogens is 262 g/mol. The van der Waals surface area contributed by atoms with Gasteiger partial charge in [0.2, 0.25) is 5.91 Å². The van der Waals surface area contributed by atoms with Crippen LogP contribution in [0.25, 0.3) is 0 Å². The first-order valence-corrected chi connectivity index (χ1v) is 7.64. The highest BCUT2D eigenvalue weighted by Gasteiger charge is 2.31. The number of carbonyl (C=O) groups is 1. The molecule has 0 spiro atoms. The van der Waals surface area contributed by atoms with Crippen molar-refractivity contribution in [2.45, 2.75) is 47.5 Å². The van der Waals surface area contributed by atoms with Crippen molar-refractivity contribution in [3.05, 3.63) is 12.7 Å². The molecule has 122 valence electrons. The van der Waals surface area contributed by atoms with Crippen LogP contribution in [0.4, 0.5) is 0 Å². The predicted molar refractivity (Wildman–Crippen MR) is 91.7 cm³/mol. The third-order valence-corrected chi connectivity index (χ3v) is 4.02. The van der Waals surface area contributed by atoms with E-state index in [-0.39, 0.29) is 16.7 Å². The lowest BCUT2D eigenvalue weighted by atomic mass is 9.72. The average Bonchev–Trinajstić information content (AvgIpc) is 2.41. The summed E-state index contributed by atoms with van der Waals surface area (Å²) < 4.78 is 0. The number of carbonyl (C=O) groups excluding carboxylic acids is 1. The third-order valence-electron chi connectivity index (χ3n) is 4.02. The molecule has 0 bridgehead atoms. The minimum absolute atomic E-state index is 0.0731. The minimum atomic E-state index is -0.103. The fraction of sp³-hybridized carbons (Fsp3) is 0.765. The molecule has 0 aromatic carbocycles. The number of amides is 1. The van der Waals surface area contributed by atoms with Crippen molar-refractivity contribution in [2.24, 2.45) is 15.8 Å². The summed E-state index contributed by atoms with van der Waals surface area (Å²) in [5, 5.41) is 2.93. The van der Waals surface area contributed by atoms with Gasteiger partial charge in [-0.2, -0.15) is 0 Å². The molecule has 0 fully saturated rings. The maximum atomic E-state index is 11.4. The van der Waals surface area contributed by atoms with Crippen LogP contribution in [0, 0.1) is 10.8 Å². The lowest BCUT2D eigenvalue weighted by molar-refractivity contribution is -0.117. The van der Waals surface area contributed by atoms with E-state index in [1.54, 1.807) is 0 Å². The summed E-state index contributed by atoms with van der Waals surface area (Å²) in [5.74, 6) is 0.940. The molecule has 0 saturated carbocycles. The Labute approximate surface area is 130 Å². The van der Waals surface area contributed by atoms with E-state index in [2.05, 4.69) is 44.6 Å². The summed E-state index contributed by atoms with van der Waals surface area (Å²) in [7, 11) is 4.01. The largest absolute Gasteiger partial charge is 0.367 e. The summed E-state index contributed by atoms with van der Waals surface area (Å²) in [6, 6.07) is 0. The SMILES string of the molecule is C=CC(=O)NCC(C)(CC)CC(C)(C)CN=C(C)N(C)C. The van der Waals surface area contributed by atoms with Crippen LogP contribution in [-0.4, -0.2) is 43.8 Å². The van der Waals surface area contributed by atoms with Gasteiger partial charge in [-0.1, -0.05) is 34.3 Å². The standard InChI is InChI=1S/C17H33N3O/c1-9-15(21)19-13-17(6,10-2)11-16(4,5)12-18-14(3)20(7)8/h9H,1,10-13H2,2-8H3,(H,19,21). The number of nitrogens with zero attached hydrogens (tertiary/aromatic N) is 2. The molecule has 0 aliphatic carbocycles. The normalized spacial score (nSPS) is 15.3. The predicted octanol–water partition coefficient (Wildman–Crippen LogP) is 3.10. The number of hydrogen-bond donors (Lipinski definition) is 1. The first kappa shape index (κ1) is 19.7. The van der Waals surface area contributed by atoms with Gasteiger partial charge in [0.25, 0.3) is 0 Å². The Kier molecular flexibility index (Phi) is 7.69. The van der Waals surface area contributed by atoms with Crippen LogP contribution in [-0.2, 0) is 4.79 Å². The number of aliphatic imine (C=N–C) groups is 1. The molecule has 1 N–H and O–H groups in total. The highest BCUT2D eigenvalue weighted by Crippen LogP contribution is 2.36. The Hall–Kier alpha value is -1.32. The third kappa shape index (κ3) is 7.88.